The predicted octanol–water partition coefficient (Wildman–Crippen LogP) is -6.28. The Morgan fingerprint density at radius 3 is 0.615 bits per heavy atom. The Hall–Kier alpha value is -0.143. The van der Waals surface area contributed by atoms with Gasteiger partial charge in [-0.05, 0) is 0 Å². The molecule has 0 atom stereocenters. The van der Waals surface area contributed by atoms with Crippen LogP contribution in [0.2, 0.25) is 0 Å². The molecule has 0 saturated heterocycles. The van der Waals surface area contributed by atoms with E-state index in [-0.39, 0.29) is 0 Å². The van der Waals surface area contributed by atoms with Crippen LogP contribution in [-0.2, 0) is 0 Å². The van der Waals surface area contributed by atoms with Gasteiger partial charge in [-0.2, -0.15) is 0 Å². The van der Waals surface area contributed by atoms with Gasteiger partial charge in [0.15, 0.2) is 0 Å². The first-order chi connectivity index (χ1) is 5.37. The molecule has 0 aromatic rings. The summed E-state index contributed by atoms with van der Waals surface area (Å²) in [7, 11) is -4.80. The summed E-state index contributed by atoms with van der Waals surface area (Å²) in [4.78, 5) is 0. The molecule has 0 aromatic carbocycles. The standard InChI is InChI=1S/C3H10O9Si/c4-1(5,6)13(2(7,8)9)3(10,11)12/h4-13H. The molecule has 0 fully saturated rings. The van der Waals surface area contributed by atoms with Crippen LogP contribution < -0.4 is 0 Å². The van der Waals surface area contributed by atoms with Gasteiger partial charge in [0.1, 0.15) is 0 Å². The van der Waals surface area contributed by atoms with E-state index in [0.717, 1.165) is 0 Å². The van der Waals surface area contributed by atoms with Gasteiger partial charge in [-0.25, -0.2) is 0 Å². The van der Waals surface area contributed by atoms with Gasteiger partial charge in [-0.15, -0.1) is 0 Å². The molecule has 0 heterocycles. The SMILES string of the molecule is OC(O)(O)[SiH](C(O)(O)O)C(O)(O)O. The van der Waals surface area contributed by atoms with Crippen molar-refractivity contribution in [3.63, 3.8) is 0 Å². The molecular weight excluding hydrogens is 208 g/mol. The highest BCUT2D eigenvalue weighted by atomic mass is 28.3. The highest BCUT2D eigenvalue weighted by molar-refractivity contribution is 6.64. The molecule has 0 radical (unpaired) electrons. The van der Waals surface area contributed by atoms with Crippen LogP contribution in [0.1, 0.15) is 0 Å². The van der Waals surface area contributed by atoms with Gasteiger partial charge in [0.2, 0.25) is 0 Å². The van der Waals surface area contributed by atoms with Gasteiger partial charge >= 0.3 is 8.80 Å². The fourth-order valence-corrected chi connectivity index (χ4v) is 2.34. The van der Waals surface area contributed by atoms with E-state index in [1.807, 2.05) is 0 Å². The normalized spacial score (nSPS) is 15.2. The first-order valence-corrected chi connectivity index (χ1v) is 4.61. The topological polar surface area (TPSA) is 182 Å². The number of aliphatic hydroxyl groups is 9. The molecule has 0 aromatic heterocycles. The van der Waals surface area contributed by atoms with Crippen molar-refractivity contribution in [1.82, 2.24) is 0 Å². The van der Waals surface area contributed by atoms with Crippen molar-refractivity contribution in [3.05, 3.63) is 0 Å². The number of rotatable bonds is 3. The zero-order valence-corrected chi connectivity index (χ0v) is 7.26. The molecule has 0 unspecified atom stereocenters. The van der Waals surface area contributed by atoms with E-state index >= 15 is 0 Å². The minimum Gasteiger partial charge on any atom is -0.347 e. The lowest BCUT2D eigenvalue weighted by atomic mass is 11.2. The van der Waals surface area contributed by atoms with Crippen molar-refractivity contribution in [2.24, 2.45) is 0 Å². The molecule has 0 bridgehead atoms. The molecule has 0 aliphatic rings. The van der Waals surface area contributed by atoms with Crippen molar-refractivity contribution < 1.29 is 46.0 Å². The van der Waals surface area contributed by atoms with Crippen LogP contribution in [0.15, 0.2) is 0 Å². The third kappa shape index (κ3) is 3.61. The molecule has 13 heavy (non-hydrogen) atoms. The van der Waals surface area contributed by atoms with Gasteiger partial charge < -0.3 is 46.0 Å². The summed E-state index contributed by atoms with van der Waals surface area (Å²) in [6, 6.07) is 0. The molecule has 0 rings (SSSR count). The minimum atomic E-state index is -4.80. The Labute approximate surface area is 72.6 Å². The highest BCUT2D eigenvalue weighted by Crippen LogP contribution is 2.19. The predicted molar refractivity (Wildman–Crippen MR) is 35.3 cm³/mol. The summed E-state index contributed by atoms with van der Waals surface area (Å²) in [5.74, 6) is 0. The van der Waals surface area contributed by atoms with E-state index in [4.69, 9.17) is 46.0 Å². The Morgan fingerprint density at radius 2 is 0.615 bits per heavy atom. The monoisotopic (exact) mass is 218 g/mol. The van der Waals surface area contributed by atoms with E-state index in [1.54, 1.807) is 0 Å². The first kappa shape index (κ1) is 12.9. The zero-order valence-electron chi connectivity index (χ0n) is 6.10. The summed E-state index contributed by atoms with van der Waals surface area (Å²) in [5, 5.41) is 75.3. The van der Waals surface area contributed by atoms with Gasteiger partial charge in [-0.1, -0.05) is 0 Å². The summed E-state index contributed by atoms with van der Waals surface area (Å²) in [6.45, 7) is 0. The molecule has 9 N–H and O–H groups in total. The van der Waals surface area contributed by atoms with Crippen LogP contribution >= 0.6 is 0 Å². The molecule has 0 aliphatic heterocycles. The van der Waals surface area contributed by atoms with Crippen molar-refractivity contribution in [1.29, 1.82) is 0 Å². The number of hydrogen-bond donors (Lipinski definition) is 9. The maximum absolute atomic E-state index is 8.36. The average molecular weight is 218 g/mol. The Balaban J connectivity index is 5.02. The van der Waals surface area contributed by atoms with Crippen LogP contribution in [0.3, 0.4) is 0 Å². The molecule has 0 aliphatic carbocycles. The molecule has 0 amide bonds. The van der Waals surface area contributed by atoms with Gasteiger partial charge in [0.25, 0.3) is 16.8 Å². The van der Waals surface area contributed by atoms with Crippen molar-refractivity contribution in [2.45, 2.75) is 16.8 Å². The Kier molecular flexibility index (Phi) is 3.18. The molecular formula is C3H10O9Si. The smallest absolute Gasteiger partial charge is 0.347 e. The largest absolute Gasteiger partial charge is 0.353 e. The lowest BCUT2D eigenvalue weighted by Gasteiger charge is -2.34. The lowest BCUT2D eigenvalue weighted by molar-refractivity contribution is -0.336. The van der Waals surface area contributed by atoms with E-state index in [2.05, 4.69) is 0 Å². The highest BCUT2D eigenvalue weighted by Gasteiger charge is 2.61. The Morgan fingerprint density at radius 1 is 0.462 bits per heavy atom. The van der Waals surface area contributed by atoms with Crippen LogP contribution in [0.25, 0.3) is 0 Å². The van der Waals surface area contributed by atoms with E-state index in [1.165, 1.54) is 0 Å². The van der Waals surface area contributed by atoms with E-state index < -0.39 is 25.6 Å². The van der Waals surface area contributed by atoms with Crippen molar-refractivity contribution in [2.75, 3.05) is 0 Å². The second-order valence-electron chi connectivity index (χ2n) is 2.49. The van der Waals surface area contributed by atoms with Crippen molar-refractivity contribution >= 4 is 8.80 Å². The quantitative estimate of drug-likeness (QED) is 0.164. The maximum Gasteiger partial charge on any atom is 0.353 e. The zero-order chi connectivity index (χ0) is 11.1. The van der Waals surface area contributed by atoms with Crippen LogP contribution in [0, 0.1) is 0 Å². The van der Waals surface area contributed by atoms with E-state index in [9.17, 15) is 0 Å². The van der Waals surface area contributed by atoms with E-state index in [0.29, 0.717) is 0 Å². The fraction of sp³-hybridized carbons (Fsp3) is 1.00. The lowest BCUT2D eigenvalue weighted by Crippen LogP contribution is -2.72. The van der Waals surface area contributed by atoms with Crippen LogP contribution in [-0.4, -0.2) is 71.5 Å². The molecule has 10 heteroatoms. The summed E-state index contributed by atoms with van der Waals surface area (Å²) in [5.41, 5.74) is -11.9. The van der Waals surface area contributed by atoms with Gasteiger partial charge in [0.05, 0.1) is 0 Å². The Bertz CT molecular complexity index is 137. The van der Waals surface area contributed by atoms with Gasteiger partial charge in [-0.3, -0.25) is 0 Å². The van der Waals surface area contributed by atoms with Crippen LogP contribution in [0.5, 0.6) is 0 Å². The maximum atomic E-state index is 8.36. The second kappa shape index (κ2) is 3.21. The molecule has 80 valence electrons. The third-order valence-electron chi connectivity index (χ3n) is 1.16. The second-order valence-corrected chi connectivity index (χ2v) is 5.68. The minimum absolute atomic E-state index is 3.98. The average Bonchev–Trinajstić information content (AvgIpc) is 1.44. The summed E-state index contributed by atoms with van der Waals surface area (Å²) >= 11 is 0. The first-order valence-electron chi connectivity index (χ1n) is 2.88. The molecule has 9 nitrogen and oxygen atoms in total. The molecule has 0 saturated carbocycles. The molecule has 0 spiro atoms. The van der Waals surface area contributed by atoms with Crippen molar-refractivity contribution in [3.8, 4) is 0 Å². The summed E-state index contributed by atoms with van der Waals surface area (Å²) < 4.78 is 0. The van der Waals surface area contributed by atoms with Crippen LogP contribution in [0.4, 0.5) is 0 Å². The number of hydrogen-bond acceptors (Lipinski definition) is 9. The summed E-state index contributed by atoms with van der Waals surface area (Å²) in [6.07, 6.45) is 0. The van der Waals surface area contributed by atoms with Gasteiger partial charge in [0, 0.05) is 0 Å². The fourth-order valence-electron chi connectivity index (χ4n) is 0.779. The third-order valence-corrected chi connectivity index (χ3v) is 3.49.